The maximum atomic E-state index is 13.2. The third-order valence-corrected chi connectivity index (χ3v) is 3.10. The fourth-order valence-corrected chi connectivity index (χ4v) is 2.02. The van der Waals surface area contributed by atoms with E-state index in [1.54, 1.807) is 0 Å². The number of rotatable bonds is 3. The molecule has 2 rings (SSSR count). The molecule has 1 amide bonds. The average Bonchev–Trinajstić information content (AvgIpc) is 2.29. The van der Waals surface area contributed by atoms with E-state index in [-0.39, 0.29) is 17.0 Å². The lowest BCUT2D eigenvalue weighted by Gasteiger charge is -2.27. The molecule has 0 saturated carbocycles. The van der Waals surface area contributed by atoms with Crippen LogP contribution in [0.1, 0.15) is 26.2 Å². The molecular weight excluding hydrogens is 243 g/mol. The number of halogens is 2. The van der Waals surface area contributed by atoms with Gasteiger partial charge in [-0.3, -0.25) is 4.79 Å². The predicted molar refractivity (Wildman–Crippen MR) is 67.0 cm³/mol. The fourth-order valence-electron chi connectivity index (χ4n) is 1.85. The molecule has 0 bridgehead atoms. The van der Waals surface area contributed by atoms with Gasteiger partial charge in [0.1, 0.15) is 11.9 Å². The molecule has 0 aromatic heterocycles. The van der Waals surface area contributed by atoms with Gasteiger partial charge in [-0.15, -0.1) is 0 Å². The number of carbonyl (C=O) groups excluding carboxylic acids is 1. The molecule has 1 aliphatic heterocycles. The molecule has 1 aromatic carbocycles. The van der Waals surface area contributed by atoms with Crippen molar-refractivity contribution in [1.82, 2.24) is 0 Å². The maximum absolute atomic E-state index is 13.2. The number of nitrogens with one attached hydrogen (secondary N) is 2. The Morgan fingerprint density at radius 1 is 1.41 bits per heavy atom. The molecular formula is C12H14ClFN2O. The van der Waals surface area contributed by atoms with Gasteiger partial charge in [0.2, 0.25) is 5.91 Å². The van der Waals surface area contributed by atoms with Gasteiger partial charge in [0.25, 0.3) is 0 Å². The number of unbranched alkanes of at least 4 members (excludes halogenated alkanes) is 1. The summed E-state index contributed by atoms with van der Waals surface area (Å²) in [5.74, 6) is -0.646. The monoisotopic (exact) mass is 256 g/mol. The van der Waals surface area contributed by atoms with Gasteiger partial charge in [0, 0.05) is 6.07 Å². The van der Waals surface area contributed by atoms with Gasteiger partial charge < -0.3 is 10.6 Å². The van der Waals surface area contributed by atoms with Crippen molar-refractivity contribution in [1.29, 1.82) is 0 Å². The van der Waals surface area contributed by atoms with E-state index in [0.29, 0.717) is 11.4 Å². The summed E-state index contributed by atoms with van der Waals surface area (Å²) in [6.07, 6.45) is 2.76. The molecule has 3 nitrogen and oxygen atoms in total. The summed E-state index contributed by atoms with van der Waals surface area (Å²) >= 11 is 5.71. The van der Waals surface area contributed by atoms with Crippen LogP contribution in [0, 0.1) is 5.82 Å². The van der Waals surface area contributed by atoms with Gasteiger partial charge in [-0.25, -0.2) is 4.39 Å². The van der Waals surface area contributed by atoms with Crippen molar-refractivity contribution in [2.75, 3.05) is 10.6 Å². The van der Waals surface area contributed by atoms with Gasteiger partial charge in [-0.2, -0.15) is 0 Å². The smallest absolute Gasteiger partial charge is 0.246 e. The molecule has 17 heavy (non-hydrogen) atoms. The van der Waals surface area contributed by atoms with Crippen LogP contribution in [0.15, 0.2) is 12.1 Å². The zero-order valence-corrected chi connectivity index (χ0v) is 10.3. The summed E-state index contributed by atoms with van der Waals surface area (Å²) in [5.41, 5.74) is 1.13. The zero-order valence-electron chi connectivity index (χ0n) is 9.52. The number of carbonyl (C=O) groups is 1. The Morgan fingerprint density at radius 2 is 2.18 bits per heavy atom. The summed E-state index contributed by atoms with van der Waals surface area (Å²) in [7, 11) is 0. The fraction of sp³-hybridized carbons (Fsp3) is 0.417. The minimum atomic E-state index is -0.528. The van der Waals surface area contributed by atoms with Crippen LogP contribution < -0.4 is 10.6 Å². The first-order valence-corrected chi connectivity index (χ1v) is 6.06. The molecule has 1 heterocycles. The minimum absolute atomic E-state index is 0.0571. The van der Waals surface area contributed by atoms with E-state index in [9.17, 15) is 9.18 Å². The lowest BCUT2D eigenvalue weighted by Crippen LogP contribution is -2.38. The molecule has 1 aromatic rings. The van der Waals surface area contributed by atoms with Crippen molar-refractivity contribution in [3.05, 3.63) is 23.0 Å². The second kappa shape index (κ2) is 4.92. The van der Waals surface area contributed by atoms with Gasteiger partial charge >= 0.3 is 0 Å². The molecule has 92 valence electrons. The van der Waals surface area contributed by atoms with E-state index >= 15 is 0 Å². The standard InChI is InChI=1S/C12H14ClFN2O/c1-2-3-4-9-12(17)16-11-6-8(14)7(13)5-10(11)15-9/h5-6,9,15H,2-4H2,1H3,(H,16,17). The van der Waals surface area contributed by atoms with E-state index in [1.165, 1.54) is 12.1 Å². The Kier molecular flexibility index (Phi) is 3.52. The van der Waals surface area contributed by atoms with E-state index in [1.807, 2.05) is 0 Å². The first kappa shape index (κ1) is 12.2. The van der Waals surface area contributed by atoms with Gasteiger partial charge in [-0.05, 0) is 12.5 Å². The van der Waals surface area contributed by atoms with Crippen LogP contribution in [0.25, 0.3) is 0 Å². The van der Waals surface area contributed by atoms with Crippen molar-refractivity contribution in [3.63, 3.8) is 0 Å². The van der Waals surface area contributed by atoms with E-state index < -0.39 is 5.82 Å². The number of fused-ring (bicyclic) bond motifs is 1. The SMILES string of the molecule is CCCCC1Nc2cc(Cl)c(F)cc2NC1=O. The number of benzene rings is 1. The van der Waals surface area contributed by atoms with Gasteiger partial charge in [0.15, 0.2) is 0 Å². The molecule has 1 aliphatic rings. The van der Waals surface area contributed by atoms with E-state index in [2.05, 4.69) is 17.6 Å². The first-order chi connectivity index (χ1) is 8.11. The quantitative estimate of drug-likeness (QED) is 0.870. The summed E-state index contributed by atoms with van der Waals surface area (Å²) in [4.78, 5) is 11.7. The number of anilines is 2. The van der Waals surface area contributed by atoms with E-state index in [0.717, 1.165) is 19.3 Å². The first-order valence-electron chi connectivity index (χ1n) is 5.68. The van der Waals surface area contributed by atoms with Crippen LogP contribution in [-0.2, 0) is 4.79 Å². The molecule has 0 fully saturated rings. The molecule has 5 heteroatoms. The number of hydrogen-bond acceptors (Lipinski definition) is 2. The van der Waals surface area contributed by atoms with Crippen LogP contribution in [0.5, 0.6) is 0 Å². The van der Waals surface area contributed by atoms with Crippen LogP contribution in [0.4, 0.5) is 15.8 Å². The molecule has 0 saturated heterocycles. The third kappa shape index (κ3) is 2.52. The zero-order chi connectivity index (χ0) is 12.4. The van der Waals surface area contributed by atoms with Crippen molar-refractivity contribution in [2.24, 2.45) is 0 Å². The number of hydrogen-bond donors (Lipinski definition) is 2. The highest BCUT2D eigenvalue weighted by atomic mass is 35.5. The van der Waals surface area contributed by atoms with Gasteiger partial charge in [-0.1, -0.05) is 31.4 Å². The van der Waals surface area contributed by atoms with Crippen LogP contribution >= 0.6 is 11.6 Å². The molecule has 0 aliphatic carbocycles. The maximum Gasteiger partial charge on any atom is 0.246 e. The normalized spacial score (nSPS) is 18.3. The van der Waals surface area contributed by atoms with Crippen molar-refractivity contribution >= 4 is 28.9 Å². The van der Waals surface area contributed by atoms with Crippen LogP contribution in [0.2, 0.25) is 5.02 Å². The average molecular weight is 257 g/mol. The Balaban J connectivity index is 2.22. The topological polar surface area (TPSA) is 41.1 Å². The second-order valence-corrected chi connectivity index (χ2v) is 4.55. The molecule has 1 unspecified atom stereocenters. The third-order valence-electron chi connectivity index (χ3n) is 2.81. The van der Waals surface area contributed by atoms with Crippen molar-refractivity contribution in [3.8, 4) is 0 Å². The largest absolute Gasteiger partial charge is 0.372 e. The lowest BCUT2D eigenvalue weighted by molar-refractivity contribution is -0.117. The Bertz CT molecular complexity index is 450. The summed E-state index contributed by atoms with van der Waals surface area (Å²) in [5, 5.41) is 5.83. The van der Waals surface area contributed by atoms with Crippen LogP contribution in [-0.4, -0.2) is 11.9 Å². The Labute approximate surface area is 104 Å². The number of amides is 1. The van der Waals surface area contributed by atoms with Crippen molar-refractivity contribution in [2.45, 2.75) is 32.2 Å². The highest BCUT2D eigenvalue weighted by Gasteiger charge is 2.25. The lowest BCUT2D eigenvalue weighted by atomic mass is 10.1. The Morgan fingerprint density at radius 3 is 2.88 bits per heavy atom. The van der Waals surface area contributed by atoms with Gasteiger partial charge in [0.05, 0.1) is 16.4 Å². The molecule has 0 spiro atoms. The van der Waals surface area contributed by atoms with Crippen LogP contribution in [0.3, 0.4) is 0 Å². The van der Waals surface area contributed by atoms with Crippen molar-refractivity contribution < 1.29 is 9.18 Å². The summed E-state index contributed by atoms with van der Waals surface area (Å²) < 4.78 is 13.2. The minimum Gasteiger partial charge on any atom is -0.372 e. The summed E-state index contributed by atoms with van der Waals surface area (Å²) in [6.45, 7) is 2.07. The highest BCUT2D eigenvalue weighted by molar-refractivity contribution is 6.31. The summed E-state index contributed by atoms with van der Waals surface area (Å²) in [6, 6.07) is 2.48. The predicted octanol–water partition coefficient (Wildman–Crippen LogP) is 3.40. The highest BCUT2D eigenvalue weighted by Crippen LogP contribution is 2.32. The van der Waals surface area contributed by atoms with E-state index in [4.69, 9.17) is 11.6 Å². The molecule has 0 radical (unpaired) electrons. The second-order valence-electron chi connectivity index (χ2n) is 4.14. The Hall–Kier alpha value is -1.29. The molecule has 2 N–H and O–H groups in total. The molecule has 1 atom stereocenters.